The molecule has 0 rings (SSSR count). The molecule has 0 aliphatic carbocycles. The first kappa shape index (κ1) is 11.2. The lowest BCUT2D eigenvalue weighted by molar-refractivity contribution is 0.335. The summed E-state index contributed by atoms with van der Waals surface area (Å²) in [5.41, 5.74) is 0. The van der Waals surface area contributed by atoms with Crippen molar-refractivity contribution in [3.8, 4) is 0 Å². The van der Waals surface area contributed by atoms with Gasteiger partial charge < -0.3 is 0 Å². The standard InChI is InChI=1S/C6H12ClFO2S/c1-2-3-4-6(8)5-11(7,9)10/h6H,2-5H2,1H3. The predicted octanol–water partition coefficient (Wildman–Crippen LogP) is 2.08. The Morgan fingerprint density at radius 3 is 2.45 bits per heavy atom. The highest BCUT2D eigenvalue weighted by atomic mass is 35.7. The minimum absolute atomic E-state index is 0.280. The fourth-order valence-corrected chi connectivity index (χ4v) is 1.73. The summed E-state index contributed by atoms with van der Waals surface area (Å²) in [7, 11) is 1.18. The van der Waals surface area contributed by atoms with Crippen LogP contribution < -0.4 is 0 Å². The molecule has 0 spiro atoms. The van der Waals surface area contributed by atoms with Crippen LogP contribution in [0.4, 0.5) is 4.39 Å². The lowest BCUT2D eigenvalue weighted by atomic mass is 10.2. The smallest absolute Gasteiger partial charge is 0.235 e. The highest BCUT2D eigenvalue weighted by Crippen LogP contribution is 2.09. The molecule has 0 bridgehead atoms. The van der Waals surface area contributed by atoms with Gasteiger partial charge in [-0.15, -0.1) is 0 Å². The summed E-state index contributed by atoms with van der Waals surface area (Å²) in [5, 5.41) is 0. The molecule has 0 fully saturated rings. The SMILES string of the molecule is CCCCC(F)CS(=O)(=O)Cl. The van der Waals surface area contributed by atoms with Crippen molar-refractivity contribution in [1.82, 2.24) is 0 Å². The quantitative estimate of drug-likeness (QED) is 0.640. The summed E-state index contributed by atoms with van der Waals surface area (Å²) >= 11 is 0. The summed E-state index contributed by atoms with van der Waals surface area (Å²) in [6, 6.07) is 0. The number of alkyl halides is 1. The number of unbranched alkanes of at least 4 members (excludes halogenated alkanes) is 1. The molecule has 0 N–H and O–H groups in total. The lowest BCUT2D eigenvalue weighted by Crippen LogP contribution is -2.12. The van der Waals surface area contributed by atoms with Crippen LogP contribution in [0.3, 0.4) is 0 Å². The van der Waals surface area contributed by atoms with Crippen LogP contribution in [0.15, 0.2) is 0 Å². The first-order chi connectivity index (χ1) is 4.95. The number of hydrogen-bond donors (Lipinski definition) is 0. The molecule has 0 amide bonds. The van der Waals surface area contributed by atoms with E-state index in [1.165, 1.54) is 0 Å². The Morgan fingerprint density at radius 2 is 2.09 bits per heavy atom. The Morgan fingerprint density at radius 1 is 1.55 bits per heavy atom. The first-order valence-corrected chi connectivity index (χ1v) is 6.00. The molecule has 0 radical (unpaired) electrons. The Bertz CT molecular complexity index is 191. The van der Waals surface area contributed by atoms with Crippen molar-refractivity contribution in [2.45, 2.75) is 32.4 Å². The van der Waals surface area contributed by atoms with Crippen LogP contribution in [0.25, 0.3) is 0 Å². The van der Waals surface area contributed by atoms with E-state index in [-0.39, 0.29) is 6.42 Å². The van der Waals surface area contributed by atoms with E-state index in [0.29, 0.717) is 6.42 Å². The Balaban J connectivity index is 3.61. The molecule has 0 aromatic rings. The van der Waals surface area contributed by atoms with Crippen molar-refractivity contribution >= 4 is 19.7 Å². The maximum Gasteiger partial charge on any atom is 0.235 e. The molecular weight excluding hydrogens is 191 g/mol. The summed E-state index contributed by atoms with van der Waals surface area (Å²) in [6.07, 6.45) is 0.538. The molecule has 0 aliphatic rings. The predicted molar refractivity (Wildman–Crippen MR) is 44.1 cm³/mol. The van der Waals surface area contributed by atoms with Gasteiger partial charge in [-0.1, -0.05) is 19.8 Å². The Kier molecular flexibility index (Phi) is 5.01. The minimum atomic E-state index is -3.66. The molecule has 11 heavy (non-hydrogen) atoms. The summed E-state index contributed by atoms with van der Waals surface area (Å²) in [6.45, 7) is 1.92. The van der Waals surface area contributed by atoms with E-state index >= 15 is 0 Å². The van der Waals surface area contributed by atoms with Gasteiger partial charge in [0.1, 0.15) is 6.17 Å². The van der Waals surface area contributed by atoms with Crippen LogP contribution in [0.5, 0.6) is 0 Å². The van der Waals surface area contributed by atoms with Crippen molar-refractivity contribution in [2.24, 2.45) is 0 Å². The van der Waals surface area contributed by atoms with Crippen LogP contribution in [0, 0.1) is 0 Å². The molecule has 1 atom stereocenters. The van der Waals surface area contributed by atoms with E-state index in [1.807, 2.05) is 6.92 Å². The van der Waals surface area contributed by atoms with E-state index in [9.17, 15) is 12.8 Å². The average molecular weight is 203 g/mol. The van der Waals surface area contributed by atoms with Gasteiger partial charge in [0.15, 0.2) is 0 Å². The number of halogens is 2. The van der Waals surface area contributed by atoms with Crippen LogP contribution in [-0.4, -0.2) is 20.3 Å². The second-order valence-corrected chi connectivity index (χ2v) is 5.27. The van der Waals surface area contributed by atoms with Gasteiger partial charge in [0, 0.05) is 10.7 Å². The van der Waals surface area contributed by atoms with Crippen LogP contribution in [0.1, 0.15) is 26.2 Å². The van der Waals surface area contributed by atoms with E-state index < -0.39 is 21.0 Å². The first-order valence-electron chi connectivity index (χ1n) is 3.52. The largest absolute Gasteiger partial charge is 0.246 e. The van der Waals surface area contributed by atoms with Gasteiger partial charge in [-0.2, -0.15) is 0 Å². The van der Waals surface area contributed by atoms with Crippen LogP contribution in [-0.2, 0) is 9.05 Å². The zero-order valence-electron chi connectivity index (χ0n) is 6.39. The summed E-state index contributed by atoms with van der Waals surface area (Å²) in [4.78, 5) is 0. The molecule has 0 aromatic carbocycles. The van der Waals surface area contributed by atoms with Crippen molar-refractivity contribution < 1.29 is 12.8 Å². The highest BCUT2D eigenvalue weighted by molar-refractivity contribution is 8.13. The van der Waals surface area contributed by atoms with Gasteiger partial charge in [0.25, 0.3) is 0 Å². The van der Waals surface area contributed by atoms with E-state index in [2.05, 4.69) is 0 Å². The molecule has 0 saturated carbocycles. The molecule has 0 aliphatic heterocycles. The maximum absolute atomic E-state index is 12.6. The lowest BCUT2D eigenvalue weighted by Gasteiger charge is -2.02. The van der Waals surface area contributed by atoms with Crippen molar-refractivity contribution in [2.75, 3.05) is 5.75 Å². The van der Waals surface area contributed by atoms with Gasteiger partial charge in [-0.25, -0.2) is 12.8 Å². The number of hydrogen-bond acceptors (Lipinski definition) is 2. The molecule has 0 saturated heterocycles. The van der Waals surface area contributed by atoms with Gasteiger partial charge in [-0.3, -0.25) is 0 Å². The molecule has 1 unspecified atom stereocenters. The second kappa shape index (κ2) is 4.93. The third-order valence-corrected chi connectivity index (χ3v) is 2.39. The Labute approximate surface area is 71.2 Å². The van der Waals surface area contributed by atoms with Crippen molar-refractivity contribution in [3.05, 3.63) is 0 Å². The van der Waals surface area contributed by atoms with Gasteiger partial charge in [0.05, 0.1) is 5.75 Å². The molecule has 0 aromatic heterocycles. The van der Waals surface area contributed by atoms with E-state index in [1.54, 1.807) is 0 Å². The fourth-order valence-electron chi connectivity index (χ4n) is 0.725. The van der Waals surface area contributed by atoms with Crippen molar-refractivity contribution in [3.63, 3.8) is 0 Å². The molecule has 2 nitrogen and oxygen atoms in total. The molecule has 5 heteroatoms. The zero-order valence-corrected chi connectivity index (χ0v) is 7.96. The maximum atomic E-state index is 12.6. The van der Waals surface area contributed by atoms with E-state index in [4.69, 9.17) is 10.7 Å². The minimum Gasteiger partial charge on any atom is -0.246 e. The van der Waals surface area contributed by atoms with Gasteiger partial charge >= 0.3 is 0 Å². The number of rotatable bonds is 5. The molecular formula is C6H12ClFO2S. The van der Waals surface area contributed by atoms with Crippen LogP contribution in [0.2, 0.25) is 0 Å². The summed E-state index contributed by atoms with van der Waals surface area (Å²) < 4.78 is 33.3. The highest BCUT2D eigenvalue weighted by Gasteiger charge is 2.14. The normalized spacial score (nSPS) is 14.8. The van der Waals surface area contributed by atoms with Gasteiger partial charge in [0.2, 0.25) is 9.05 Å². The topological polar surface area (TPSA) is 34.1 Å². The van der Waals surface area contributed by atoms with E-state index in [0.717, 1.165) is 6.42 Å². The Hall–Kier alpha value is 0.170. The zero-order chi connectivity index (χ0) is 8.91. The fraction of sp³-hybridized carbons (Fsp3) is 1.00. The monoisotopic (exact) mass is 202 g/mol. The average Bonchev–Trinajstić information content (AvgIpc) is 1.79. The van der Waals surface area contributed by atoms with Gasteiger partial charge in [-0.05, 0) is 6.42 Å². The molecule has 68 valence electrons. The molecule has 0 heterocycles. The van der Waals surface area contributed by atoms with Crippen LogP contribution >= 0.6 is 10.7 Å². The summed E-state index contributed by atoms with van der Waals surface area (Å²) in [5.74, 6) is -0.561. The van der Waals surface area contributed by atoms with Crippen molar-refractivity contribution in [1.29, 1.82) is 0 Å². The third kappa shape index (κ3) is 8.07. The third-order valence-electron chi connectivity index (χ3n) is 1.25. The second-order valence-electron chi connectivity index (χ2n) is 2.45.